The zero-order valence-electron chi connectivity index (χ0n) is 10.1. The molecule has 0 aliphatic carbocycles. The van der Waals surface area contributed by atoms with Crippen LogP contribution in [0.3, 0.4) is 0 Å². The largest absolute Gasteiger partial charge is 0.381 e. The molecule has 1 aliphatic heterocycles. The number of benzene rings is 1. The fraction of sp³-hybridized carbons (Fsp3) is 0.400. The Balaban J connectivity index is 1.89. The fourth-order valence-electron chi connectivity index (χ4n) is 2.49. The smallest absolute Gasteiger partial charge is 0.0702 e. The Morgan fingerprint density at radius 1 is 1.35 bits per heavy atom. The SMILES string of the molecule is Cc1ccc2ncc(CC3CCOC3)cc2c1. The van der Waals surface area contributed by atoms with Crippen LogP contribution in [0.5, 0.6) is 0 Å². The Morgan fingerprint density at radius 2 is 2.29 bits per heavy atom. The van der Waals surface area contributed by atoms with Crippen LogP contribution in [-0.2, 0) is 11.2 Å². The number of rotatable bonds is 2. The van der Waals surface area contributed by atoms with Crippen LogP contribution in [0.4, 0.5) is 0 Å². The van der Waals surface area contributed by atoms with E-state index in [0.717, 1.165) is 25.2 Å². The van der Waals surface area contributed by atoms with Crippen molar-refractivity contribution in [2.45, 2.75) is 19.8 Å². The molecular weight excluding hydrogens is 210 g/mol. The van der Waals surface area contributed by atoms with Gasteiger partial charge in [0.1, 0.15) is 0 Å². The van der Waals surface area contributed by atoms with E-state index in [1.54, 1.807) is 0 Å². The number of pyridine rings is 1. The highest BCUT2D eigenvalue weighted by molar-refractivity contribution is 5.79. The van der Waals surface area contributed by atoms with E-state index in [4.69, 9.17) is 4.74 Å². The summed E-state index contributed by atoms with van der Waals surface area (Å²) in [5.41, 5.74) is 3.71. The molecule has 1 atom stereocenters. The Morgan fingerprint density at radius 3 is 3.12 bits per heavy atom. The van der Waals surface area contributed by atoms with E-state index in [9.17, 15) is 0 Å². The van der Waals surface area contributed by atoms with Crippen LogP contribution < -0.4 is 0 Å². The summed E-state index contributed by atoms with van der Waals surface area (Å²) < 4.78 is 5.42. The van der Waals surface area contributed by atoms with Crippen molar-refractivity contribution in [1.82, 2.24) is 4.98 Å². The minimum Gasteiger partial charge on any atom is -0.381 e. The third kappa shape index (κ3) is 2.32. The quantitative estimate of drug-likeness (QED) is 0.786. The van der Waals surface area contributed by atoms with E-state index in [0.29, 0.717) is 5.92 Å². The predicted octanol–water partition coefficient (Wildman–Crippen LogP) is 3.12. The standard InChI is InChI=1S/C15H17NO/c1-11-2-3-15-14(6-11)8-13(9-16-15)7-12-4-5-17-10-12/h2-3,6,8-9,12H,4-5,7,10H2,1H3. The maximum absolute atomic E-state index is 5.42. The number of aryl methyl sites for hydroxylation is 1. The van der Waals surface area contributed by atoms with Crippen molar-refractivity contribution in [2.75, 3.05) is 13.2 Å². The molecule has 3 rings (SSSR count). The second-order valence-corrected chi connectivity index (χ2v) is 4.97. The minimum absolute atomic E-state index is 0.680. The highest BCUT2D eigenvalue weighted by atomic mass is 16.5. The van der Waals surface area contributed by atoms with Crippen LogP contribution in [-0.4, -0.2) is 18.2 Å². The molecule has 0 amide bonds. The van der Waals surface area contributed by atoms with Gasteiger partial charge in [0.2, 0.25) is 0 Å². The molecule has 88 valence electrons. The molecule has 1 aliphatic rings. The molecule has 0 N–H and O–H groups in total. The van der Waals surface area contributed by atoms with Gasteiger partial charge in [-0.1, -0.05) is 11.6 Å². The van der Waals surface area contributed by atoms with Crippen molar-refractivity contribution in [1.29, 1.82) is 0 Å². The summed E-state index contributed by atoms with van der Waals surface area (Å²) in [6.45, 7) is 3.95. The maximum Gasteiger partial charge on any atom is 0.0702 e. The molecule has 2 aromatic rings. The first-order valence-corrected chi connectivity index (χ1v) is 6.24. The van der Waals surface area contributed by atoms with E-state index >= 15 is 0 Å². The van der Waals surface area contributed by atoms with E-state index in [1.165, 1.54) is 22.9 Å². The Bertz CT molecular complexity index is 529. The van der Waals surface area contributed by atoms with Crippen molar-refractivity contribution in [3.63, 3.8) is 0 Å². The van der Waals surface area contributed by atoms with Gasteiger partial charge in [0.15, 0.2) is 0 Å². The summed E-state index contributed by atoms with van der Waals surface area (Å²) in [4.78, 5) is 4.52. The molecule has 17 heavy (non-hydrogen) atoms. The number of aromatic nitrogens is 1. The van der Waals surface area contributed by atoms with Gasteiger partial charge in [0.25, 0.3) is 0 Å². The fourth-order valence-corrected chi connectivity index (χ4v) is 2.49. The van der Waals surface area contributed by atoms with Gasteiger partial charge >= 0.3 is 0 Å². The van der Waals surface area contributed by atoms with Crippen LogP contribution in [0.2, 0.25) is 0 Å². The average Bonchev–Trinajstić information content (AvgIpc) is 2.81. The second kappa shape index (κ2) is 4.46. The number of hydrogen-bond acceptors (Lipinski definition) is 2. The highest BCUT2D eigenvalue weighted by Gasteiger charge is 2.16. The van der Waals surface area contributed by atoms with Gasteiger partial charge in [-0.3, -0.25) is 4.98 Å². The zero-order chi connectivity index (χ0) is 11.7. The third-order valence-electron chi connectivity index (χ3n) is 3.44. The monoisotopic (exact) mass is 227 g/mol. The van der Waals surface area contributed by atoms with Crippen molar-refractivity contribution in [2.24, 2.45) is 5.92 Å². The summed E-state index contributed by atoms with van der Waals surface area (Å²) in [5.74, 6) is 0.680. The number of fused-ring (bicyclic) bond motifs is 1. The first-order chi connectivity index (χ1) is 8.31. The normalized spacial score (nSPS) is 19.9. The van der Waals surface area contributed by atoms with Crippen molar-refractivity contribution >= 4 is 10.9 Å². The van der Waals surface area contributed by atoms with Crippen molar-refractivity contribution in [3.05, 3.63) is 41.6 Å². The topological polar surface area (TPSA) is 22.1 Å². The first kappa shape index (κ1) is 10.7. The third-order valence-corrected chi connectivity index (χ3v) is 3.44. The summed E-state index contributed by atoms with van der Waals surface area (Å²) in [5, 5.41) is 1.25. The van der Waals surface area contributed by atoms with Crippen molar-refractivity contribution in [3.8, 4) is 0 Å². The molecule has 2 nitrogen and oxygen atoms in total. The van der Waals surface area contributed by atoms with Crippen LogP contribution in [0.15, 0.2) is 30.5 Å². The molecule has 0 saturated carbocycles. The Kier molecular flexibility index (Phi) is 2.81. The number of nitrogens with zero attached hydrogens (tertiary/aromatic N) is 1. The zero-order valence-corrected chi connectivity index (χ0v) is 10.1. The molecule has 1 aromatic heterocycles. The molecule has 0 spiro atoms. The lowest BCUT2D eigenvalue weighted by molar-refractivity contribution is 0.186. The van der Waals surface area contributed by atoms with E-state index < -0.39 is 0 Å². The first-order valence-electron chi connectivity index (χ1n) is 6.24. The Labute approximate surface area is 102 Å². The van der Waals surface area contributed by atoms with Gasteiger partial charge in [-0.2, -0.15) is 0 Å². The lowest BCUT2D eigenvalue weighted by Crippen LogP contribution is -2.03. The lowest BCUT2D eigenvalue weighted by atomic mass is 9.99. The molecule has 1 unspecified atom stereocenters. The summed E-state index contributed by atoms with van der Waals surface area (Å²) in [7, 11) is 0. The van der Waals surface area contributed by atoms with Gasteiger partial charge in [0, 0.05) is 24.8 Å². The minimum atomic E-state index is 0.680. The van der Waals surface area contributed by atoms with Gasteiger partial charge in [-0.05, 0) is 49.4 Å². The van der Waals surface area contributed by atoms with Crippen LogP contribution in [0.1, 0.15) is 17.5 Å². The molecule has 1 aromatic carbocycles. The van der Waals surface area contributed by atoms with Gasteiger partial charge in [0.05, 0.1) is 5.52 Å². The molecule has 1 fully saturated rings. The van der Waals surface area contributed by atoms with E-state index in [1.807, 2.05) is 6.20 Å². The lowest BCUT2D eigenvalue weighted by Gasteiger charge is -2.08. The molecule has 2 heterocycles. The predicted molar refractivity (Wildman–Crippen MR) is 69.1 cm³/mol. The van der Waals surface area contributed by atoms with Gasteiger partial charge in [-0.25, -0.2) is 0 Å². The van der Waals surface area contributed by atoms with Crippen molar-refractivity contribution < 1.29 is 4.74 Å². The van der Waals surface area contributed by atoms with E-state index in [2.05, 4.69) is 36.2 Å². The maximum atomic E-state index is 5.42. The van der Waals surface area contributed by atoms with Crippen LogP contribution in [0, 0.1) is 12.8 Å². The number of ether oxygens (including phenoxy) is 1. The molecule has 0 radical (unpaired) electrons. The summed E-state index contributed by atoms with van der Waals surface area (Å²) in [6.07, 6.45) is 4.29. The molecule has 1 saturated heterocycles. The molecular formula is C15H17NO. The Hall–Kier alpha value is -1.41. The van der Waals surface area contributed by atoms with Crippen LogP contribution in [0.25, 0.3) is 10.9 Å². The molecule has 0 bridgehead atoms. The van der Waals surface area contributed by atoms with Gasteiger partial charge < -0.3 is 4.74 Å². The molecule has 2 heteroatoms. The highest BCUT2D eigenvalue weighted by Crippen LogP contribution is 2.21. The van der Waals surface area contributed by atoms with Crippen LogP contribution >= 0.6 is 0 Å². The number of hydrogen-bond donors (Lipinski definition) is 0. The average molecular weight is 227 g/mol. The summed E-state index contributed by atoms with van der Waals surface area (Å²) in [6, 6.07) is 8.68. The van der Waals surface area contributed by atoms with Gasteiger partial charge in [-0.15, -0.1) is 0 Å². The second-order valence-electron chi connectivity index (χ2n) is 4.97. The van der Waals surface area contributed by atoms with E-state index in [-0.39, 0.29) is 0 Å². The summed E-state index contributed by atoms with van der Waals surface area (Å²) >= 11 is 0.